The van der Waals surface area contributed by atoms with Crippen LogP contribution in [-0.2, 0) is 22.5 Å². The van der Waals surface area contributed by atoms with Gasteiger partial charge < -0.3 is 9.64 Å². The number of nitrogens with one attached hydrogen (secondary N) is 1. The largest absolute Gasteiger partial charge is 0.464 e. The van der Waals surface area contributed by atoms with Crippen molar-refractivity contribution in [2.75, 3.05) is 13.7 Å². The highest BCUT2D eigenvalue weighted by atomic mass is 16.5. The number of aromatic nitrogens is 2. The summed E-state index contributed by atoms with van der Waals surface area (Å²) < 4.78 is 4.69. The highest BCUT2D eigenvalue weighted by Crippen LogP contribution is 2.21. The lowest BCUT2D eigenvalue weighted by Gasteiger charge is -2.27. The Morgan fingerprint density at radius 1 is 1.47 bits per heavy atom. The molecule has 1 aromatic rings. The Labute approximate surface area is 112 Å². The molecule has 0 bridgehead atoms. The minimum atomic E-state index is -0.431. The lowest BCUT2D eigenvalue weighted by Crippen LogP contribution is -2.36. The number of fused-ring (bicyclic) bond motifs is 1. The van der Waals surface area contributed by atoms with Gasteiger partial charge in [-0.3, -0.25) is 9.89 Å². The monoisotopic (exact) mass is 265 g/mol. The number of hydrogen-bond acceptors (Lipinski definition) is 4. The number of methoxy groups -OCH3 is 1. The summed E-state index contributed by atoms with van der Waals surface area (Å²) in [6.07, 6.45) is 1.19. The van der Waals surface area contributed by atoms with E-state index in [-0.39, 0.29) is 5.91 Å². The predicted molar refractivity (Wildman–Crippen MR) is 68.5 cm³/mol. The van der Waals surface area contributed by atoms with Crippen LogP contribution < -0.4 is 0 Å². The van der Waals surface area contributed by atoms with Crippen LogP contribution in [0.4, 0.5) is 0 Å². The average molecular weight is 265 g/mol. The second-order valence-corrected chi connectivity index (χ2v) is 5.18. The van der Waals surface area contributed by atoms with Crippen LogP contribution in [0.2, 0.25) is 0 Å². The molecular formula is C13H19N3O3. The Morgan fingerprint density at radius 3 is 2.84 bits per heavy atom. The van der Waals surface area contributed by atoms with Crippen LogP contribution in [0.25, 0.3) is 0 Å². The van der Waals surface area contributed by atoms with Gasteiger partial charge in [0.1, 0.15) is 0 Å². The number of H-pyrrole nitrogens is 1. The molecule has 0 atom stereocenters. The van der Waals surface area contributed by atoms with Crippen molar-refractivity contribution in [2.45, 2.75) is 33.2 Å². The number of amides is 1. The first-order chi connectivity index (χ1) is 9.02. The van der Waals surface area contributed by atoms with Crippen molar-refractivity contribution in [1.29, 1.82) is 0 Å². The number of nitrogens with zero attached hydrogens (tertiary/aromatic N) is 2. The van der Waals surface area contributed by atoms with Gasteiger partial charge in [0.25, 0.3) is 0 Å². The molecule has 0 aliphatic carbocycles. The highest BCUT2D eigenvalue weighted by molar-refractivity contribution is 5.89. The standard InChI is InChI=1S/C13H19N3O3/c1-8(2)6-11(17)16-5-4-9-10(7-16)14-15-12(9)13(18)19-3/h8H,4-7H2,1-3H3,(H,14,15). The Kier molecular flexibility index (Phi) is 3.87. The van der Waals surface area contributed by atoms with E-state index >= 15 is 0 Å². The second-order valence-electron chi connectivity index (χ2n) is 5.18. The number of esters is 1. The van der Waals surface area contributed by atoms with Crippen LogP contribution >= 0.6 is 0 Å². The van der Waals surface area contributed by atoms with Crippen molar-refractivity contribution < 1.29 is 14.3 Å². The smallest absolute Gasteiger partial charge is 0.358 e. The second kappa shape index (κ2) is 5.42. The van der Waals surface area contributed by atoms with Crippen LogP contribution in [0, 0.1) is 5.92 Å². The van der Waals surface area contributed by atoms with E-state index in [1.165, 1.54) is 7.11 Å². The quantitative estimate of drug-likeness (QED) is 0.831. The number of hydrogen-bond donors (Lipinski definition) is 1. The number of rotatable bonds is 3. The molecule has 0 unspecified atom stereocenters. The van der Waals surface area contributed by atoms with Gasteiger partial charge in [-0.25, -0.2) is 4.79 Å². The van der Waals surface area contributed by atoms with E-state index in [4.69, 9.17) is 0 Å². The van der Waals surface area contributed by atoms with Crippen molar-refractivity contribution in [3.8, 4) is 0 Å². The Balaban J connectivity index is 2.11. The molecule has 0 radical (unpaired) electrons. The van der Waals surface area contributed by atoms with Crippen LogP contribution in [0.15, 0.2) is 0 Å². The van der Waals surface area contributed by atoms with E-state index in [1.54, 1.807) is 0 Å². The molecule has 0 aromatic carbocycles. The molecule has 19 heavy (non-hydrogen) atoms. The summed E-state index contributed by atoms with van der Waals surface area (Å²) in [5.41, 5.74) is 2.05. The number of carbonyl (C=O) groups is 2. The minimum Gasteiger partial charge on any atom is -0.464 e. The Morgan fingerprint density at radius 2 is 2.21 bits per heavy atom. The molecule has 1 aliphatic rings. The van der Waals surface area contributed by atoms with Crippen molar-refractivity contribution in [3.05, 3.63) is 17.0 Å². The molecule has 0 fully saturated rings. The zero-order valence-electron chi connectivity index (χ0n) is 11.5. The molecule has 1 aliphatic heterocycles. The van der Waals surface area contributed by atoms with Gasteiger partial charge in [-0.1, -0.05) is 13.8 Å². The summed E-state index contributed by atoms with van der Waals surface area (Å²) in [5.74, 6) is 0.0654. The molecule has 0 saturated heterocycles. The SMILES string of the molecule is COC(=O)c1n[nH]c2c1CCN(C(=O)CC(C)C)C2. The zero-order valence-corrected chi connectivity index (χ0v) is 11.5. The molecule has 2 rings (SSSR count). The molecular weight excluding hydrogens is 246 g/mol. The summed E-state index contributed by atoms with van der Waals surface area (Å²) in [7, 11) is 1.34. The summed E-state index contributed by atoms with van der Waals surface area (Å²) in [6.45, 7) is 5.17. The molecule has 0 spiro atoms. The van der Waals surface area contributed by atoms with Crippen molar-refractivity contribution in [1.82, 2.24) is 15.1 Å². The minimum absolute atomic E-state index is 0.148. The number of ether oxygens (including phenoxy) is 1. The molecule has 1 N–H and O–H groups in total. The van der Waals surface area contributed by atoms with E-state index in [0.717, 1.165) is 11.3 Å². The summed E-state index contributed by atoms with van der Waals surface area (Å²) >= 11 is 0. The van der Waals surface area contributed by atoms with Crippen LogP contribution in [-0.4, -0.2) is 40.6 Å². The first-order valence-electron chi connectivity index (χ1n) is 6.45. The van der Waals surface area contributed by atoms with Gasteiger partial charge >= 0.3 is 5.97 Å². The lowest BCUT2D eigenvalue weighted by atomic mass is 10.0. The summed E-state index contributed by atoms with van der Waals surface area (Å²) in [4.78, 5) is 25.3. The molecule has 1 amide bonds. The first-order valence-corrected chi connectivity index (χ1v) is 6.45. The van der Waals surface area contributed by atoms with E-state index in [0.29, 0.717) is 37.5 Å². The van der Waals surface area contributed by atoms with Gasteiger partial charge in [-0.15, -0.1) is 0 Å². The van der Waals surface area contributed by atoms with Gasteiger partial charge in [0.2, 0.25) is 5.91 Å². The van der Waals surface area contributed by atoms with Crippen molar-refractivity contribution in [3.63, 3.8) is 0 Å². The average Bonchev–Trinajstić information content (AvgIpc) is 2.79. The van der Waals surface area contributed by atoms with Gasteiger partial charge in [0, 0.05) is 18.5 Å². The topological polar surface area (TPSA) is 75.3 Å². The van der Waals surface area contributed by atoms with Crippen LogP contribution in [0.5, 0.6) is 0 Å². The van der Waals surface area contributed by atoms with Crippen LogP contribution in [0.3, 0.4) is 0 Å². The normalized spacial score (nSPS) is 14.4. The van der Waals surface area contributed by atoms with E-state index in [9.17, 15) is 9.59 Å². The Hall–Kier alpha value is -1.85. The van der Waals surface area contributed by atoms with E-state index < -0.39 is 5.97 Å². The molecule has 6 nitrogen and oxygen atoms in total. The predicted octanol–water partition coefficient (Wildman–Crippen LogP) is 1.13. The first kappa shape index (κ1) is 13.6. The number of aromatic amines is 1. The van der Waals surface area contributed by atoms with Crippen molar-refractivity contribution >= 4 is 11.9 Å². The van der Waals surface area contributed by atoms with Crippen LogP contribution in [0.1, 0.15) is 42.0 Å². The Bertz CT molecular complexity index is 493. The van der Waals surface area contributed by atoms with Gasteiger partial charge in [-0.2, -0.15) is 5.10 Å². The third-order valence-corrected chi connectivity index (χ3v) is 3.25. The van der Waals surface area contributed by atoms with E-state index in [1.807, 2.05) is 18.7 Å². The third-order valence-electron chi connectivity index (χ3n) is 3.25. The maximum Gasteiger partial charge on any atom is 0.358 e. The van der Waals surface area contributed by atoms with Gasteiger partial charge in [0.05, 0.1) is 19.3 Å². The van der Waals surface area contributed by atoms with Gasteiger partial charge in [0.15, 0.2) is 5.69 Å². The lowest BCUT2D eigenvalue weighted by molar-refractivity contribution is -0.132. The fourth-order valence-electron chi connectivity index (χ4n) is 2.27. The summed E-state index contributed by atoms with van der Waals surface area (Å²) in [6, 6.07) is 0. The maximum atomic E-state index is 12.0. The molecule has 6 heteroatoms. The molecule has 1 aromatic heterocycles. The zero-order chi connectivity index (χ0) is 14.0. The van der Waals surface area contributed by atoms with Crippen molar-refractivity contribution in [2.24, 2.45) is 5.92 Å². The summed E-state index contributed by atoms with van der Waals surface area (Å²) in [5, 5.41) is 6.82. The maximum absolute atomic E-state index is 12.0. The third kappa shape index (κ3) is 2.77. The number of carbonyl (C=O) groups excluding carboxylic acids is 2. The highest BCUT2D eigenvalue weighted by Gasteiger charge is 2.27. The fraction of sp³-hybridized carbons (Fsp3) is 0.615. The van der Waals surface area contributed by atoms with E-state index in [2.05, 4.69) is 14.9 Å². The molecule has 104 valence electrons. The van der Waals surface area contributed by atoms with Gasteiger partial charge in [-0.05, 0) is 12.3 Å². The molecule has 0 saturated carbocycles. The fourth-order valence-corrected chi connectivity index (χ4v) is 2.27. The molecule has 2 heterocycles.